The van der Waals surface area contributed by atoms with Crippen molar-refractivity contribution in [2.45, 2.75) is 45.8 Å². The largest absolute Gasteiger partial charge is 0.496 e. The number of hydrogen-bond donors (Lipinski definition) is 1. The normalized spacial score (nSPS) is 13.2. The van der Waals surface area contributed by atoms with Gasteiger partial charge in [0.05, 0.1) is 14.2 Å². The molecule has 0 bridgehead atoms. The Morgan fingerprint density at radius 1 is 0.889 bits per heavy atom. The minimum atomic E-state index is -0.664. The van der Waals surface area contributed by atoms with E-state index in [0.29, 0.717) is 0 Å². The lowest BCUT2D eigenvalue weighted by molar-refractivity contribution is -0.149. The molecule has 0 heterocycles. The fourth-order valence-corrected chi connectivity index (χ4v) is 3.28. The average Bonchev–Trinajstić information content (AvgIpc) is 2.62. The van der Waals surface area contributed by atoms with Crippen LogP contribution in [0.2, 0.25) is 0 Å². The summed E-state index contributed by atoms with van der Waals surface area (Å²) in [6.45, 7) is 7.51. The average molecular weight is 371 g/mol. The number of ether oxygens (including phenoxy) is 3. The fourth-order valence-electron chi connectivity index (χ4n) is 3.28. The zero-order valence-electron chi connectivity index (χ0n) is 16.9. The lowest BCUT2D eigenvalue weighted by Crippen LogP contribution is -2.33. The minimum absolute atomic E-state index is 0.137. The summed E-state index contributed by atoms with van der Waals surface area (Å²) in [6.07, 6.45) is -0.385. The number of aryl methyl sites for hydroxylation is 2. The number of hydrogen-bond acceptors (Lipinski definition) is 5. The van der Waals surface area contributed by atoms with E-state index >= 15 is 0 Å². The Labute approximate surface area is 161 Å². The van der Waals surface area contributed by atoms with Gasteiger partial charge in [0.1, 0.15) is 23.6 Å². The van der Waals surface area contributed by atoms with Gasteiger partial charge in [-0.05, 0) is 62.1 Å². The first-order valence-corrected chi connectivity index (χ1v) is 9.03. The van der Waals surface area contributed by atoms with Crippen LogP contribution in [0.3, 0.4) is 0 Å². The topological polar surface area (TPSA) is 70.8 Å². The Bertz CT molecular complexity index is 747. The van der Waals surface area contributed by atoms with Gasteiger partial charge in [0.2, 0.25) is 0 Å². The van der Waals surface area contributed by atoms with Crippen molar-refractivity contribution in [2.75, 3.05) is 14.2 Å². The van der Waals surface area contributed by atoms with E-state index in [1.165, 1.54) is 0 Å². The van der Waals surface area contributed by atoms with E-state index in [4.69, 9.17) is 19.9 Å². The van der Waals surface area contributed by atoms with E-state index in [1.54, 1.807) is 21.1 Å². The quantitative estimate of drug-likeness (QED) is 0.751. The molecular weight excluding hydrogens is 342 g/mol. The van der Waals surface area contributed by atoms with Crippen LogP contribution in [-0.2, 0) is 9.53 Å². The second kappa shape index (κ2) is 8.91. The SMILES string of the molecule is COc1ccc(C(c2ccc(OC)c(C)c2)[C@H](C)OC(=O)[C@H](C)N)cc1C. The molecule has 5 nitrogen and oxygen atoms in total. The Hall–Kier alpha value is -2.53. The lowest BCUT2D eigenvalue weighted by atomic mass is 9.85. The molecule has 0 unspecified atom stereocenters. The minimum Gasteiger partial charge on any atom is -0.496 e. The van der Waals surface area contributed by atoms with Crippen LogP contribution in [0.15, 0.2) is 36.4 Å². The van der Waals surface area contributed by atoms with Crippen molar-refractivity contribution in [1.29, 1.82) is 0 Å². The molecule has 2 N–H and O–H groups in total. The maximum atomic E-state index is 12.1. The number of methoxy groups -OCH3 is 2. The van der Waals surface area contributed by atoms with Gasteiger partial charge in [0.15, 0.2) is 0 Å². The van der Waals surface area contributed by atoms with Crippen LogP contribution >= 0.6 is 0 Å². The van der Waals surface area contributed by atoms with Gasteiger partial charge in [0, 0.05) is 5.92 Å². The summed E-state index contributed by atoms with van der Waals surface area (Å²) < 4.78 is 16.4. The summed E-state index contributed by atoms with van der Waals surface area (Å²) in [5, 5.41) is 0. The molecule has 0 saturated heterocycles. The van der Waals surface area contributed by atoms with Gasteiger partial charge in [-0.1, -0.05) is 24.3 Å². The smallest absolute Gasteiger partial charge is 0.322 e. The zero-order chi connectivity index (χ0) is 20.1. The van der Waals surface area contributed by atoms with Crippen molar-refractivity contribution in [3.63, 3.8) is 0 Å². The van der Waals surface area contributed by atoms with Gasteiger partial charge in [-0.3, -0.25) is 4.79 Å². The van der Waals surface area contributed by atoms with Crippen LogP contribution in [0.1, 0.15) is 42.0 Å². The first-order chi connectivity index (χ1) is 12.8. The molecule has 0 amide bonds. The molecule has 146 valence electrons. The molecule has 5 heteroatoms. The predicted molar refractivity (Wildman–Crippen MR) is 107 cm³/mol. The number of esters is 1. The highest BCUT2D eigenvalue weighted by Gasteiger charge is 2.27. The monoisotopic (exact) mass is 371 g/mol. The second-order valence-corrected chi connectivity index (χ2v) is 6.87. The summed E-state index contributed by atoms with van der Waals surface area (Å²) in [7, 11) is 3.30. The molecule has 0 radical (unpaired) electrons. The number of rotatable bonds is 7. The fraction of sp³-hybridized carbons (Fsp3) is 0.409. The van der Waals surface area contributed by atoms with Crippen molar-refractivity contribution in [3.05, 3.63) is 58.7 Å². The van der Waals surface area contributed by atoms with Crippen LogP contribution in [0.4, 0.5) is 0 Å². The summed E-state index contributed by atoms with van der Waals surface area (Å²) in [5.74, 6) is 1.09. The van der Waals surface area contributed by atoms with E-state index in [-0.39, 0.29) is 12.0 Å². The molecular formula is C22H29NO4. The van der Waals surface area contributed by atoms with E-state index in [2.05, 4.69) is 12.1 Å². The molecule has 0 aromatic heterocycles. The second-order valence-electron chi connectivity index (χ2n) is 6.87. The first-order valence-electron chi connectivity index (χ1n) is 9.03. The molecule has 0 spiro atoms. The number of carbonyl (C=O) groups excluding carboxylic acids is 1. The standard InChI is InChI=1S/C22H29NO4/c1-13-11-17(7-9-19(13)25-5)21(16(4)27-22(24)15(3)23)18-8-10-20(26-6)14(2)12-18/h7-12,15-16,21H,23H2,1-6H3/t15-,16-/m0/s1. The third kappa shape index (κ3) is 4.80. The molecule has 0 aliphatic rings. The van der Waals surface area contributed by atoms with Crippen molar-refractivity contribution in [2.24, 2.45) is 5.73 Å². The Kier molecular flexibility index (Phi) is 6.86. The van der Waals surface area contributed by atoms with Crippen molar-refractivity contribution >= 4 is 5.97 Å². The molecule has 27 heavy (non-hydrogen) atoms. The van der Waals surface area contributed by atoms with E-state index < -0.39 is 12.0 Å². The first kappa shape index (κ1) is 20.8. The Morgan fingerprint density at radius 3 is 1.67 bits per heavy atom. The maximum Gasteiger partial charge on any atom is 0.322 e. The zero-order valence-corrected chi connectivity index (χ0v) is 16.9. The Balaban J connectivity index is 2.49. The molecule has 2 aromatic rings. The lowest BCUT2D eigenvalue weighted by Gasteiger charge is -2.27. The highest BCUT2D eigenvalue weighted by Crippen LogP contribution is 2.34. The van der Waals surface area contributed by atoms with Crippen molar-refractivity contribution in [3.8, 4) is 11.5 Å². The third-order valence-electron chi connectivity index (χ3n) is 4.70. The predicted octanol–water partition coefficient (Wildman–Crippen LogP) is 3.73. The van der Waals surface area contributed by atoms with E-state index in [0.717, 1.165) is 33.8 Å². The molecule has 0 saturated carbocycles. The number of carbonyl (C=O) groups is 1. The van der Waals surface area contributed by atoms with Crippen molar-refractivity contribution in [1.82, 2.24) is 0 Å². The van der Waals surface area contributed by atoms with Crippen LogP contribution in [0.25, 0.3) is 0 Å². The molecule has 2 rings (SSSR count). The van der Waals surface area contributed by atoms with E-state index in [9.17, 15) is 4.79 Å². The van der Waals surface area contributed by atoms with Gasteiger partial charge in [-0.25, -0.2) is 0 Å². The molecule has 2 aromatic carbocycles. The van der Waals surface area contributed by atoms with Crippen LogP contribution in [-0.4, -0.2) is 32.3 Å². The van der Waals surface area contributed by atoms with Gasteiger partial charge in [-0.2, -0.15) is 0 Å². The van der Waals surface area contributed by atoms with Gasteiger partial charge in [-0.15, -0.1) is 0 Å². The maximum absolute atomic E-state index is 12.1. The summed E-state index contributed by atoms with van der Waals surface area (Å²) in [5.41, 5.74) is 9.81. The molecule has 0 fully saturated rings. The summed E-state index contributed by atoms with van der Waals surface area (Å²) in [4.78, 5) is 12.1. The van der Waals surface area contributed by atoms with Gasteiger partial charge in [0.25, 0.3) is 0 Å². The highest BCUT2D eigenvalue weighted by atomic mass is 16.5. The van der Waals surface area contributed by atoms with Crippen LogP contribution < -0.4 is 15.2 Å². The number of benzene rings is 2. The van der Waals surface area contributed by atoms with Crippen molar-refractivity contribution < 1.29 is 19.0 Å². The third-order valence-corrected chi connectivity index (χ3v) is 4.70. The van der Waals surface area contributed by atoms with Gasteiger partial charge >= 0.3 is 5.97 Å². The van der Waals surface area contributed by atoms with Crippen LogP contribution in [0.5, 0.6) is 11.5 Å². The molecule has 2 atom stereocenters. The van der Waals surface area contributed by atoms with E-state index in [1.807, 2.05) is 45.0 Å². The van der Waals surface area contributed by atoms with Gasteiger partial charge < -0.3 is 19.9 Å². The molecule has 0 aliphatic carbocycles. The number of nitrogens with two attached hydrogens (primary N) is 1. The summed E-state index contributed by atoms with van der Waals surface area (Å²) in [6, 6.07) is 11.4. The summed E-state index contributed by atoms with van der Waals surface area (Å²) >= 11 is 0. The van der Waals surface area contributed by atoms with Crippen LogP contribution in [0, 0.1) is 13.8 Å². The Morgan fingerprint density at radius 2 is 1.33 bits per heavy atom. The highest BCUT2D eigenvalue weighted by molar-refractivity contribution is 5.75. The molecule has 0 aliphatic heterocycles.